The van der Waals surface area contributed by atoms with E-state index in [1.54, 1.807) is 11.0 Å². The van der Waals surface area contributed by atoms with E-state index in [4.69, 9.17) is 9.47 Å². The summed E-state index contributed by atoms with van der Waals surface area (Å²) in [5, 5.41) is 0. The number of hydrogen-bond acceptors (Lipinski definition) is 5. The minimum Gasteiger partial charge on any atom is -0.495 e. The van der Waals surface area contributed by atoms with E-state index >= 15 is 0 Å². The molecule has 1 fully saturated rings. The second-order valence-corrected chi connectivity index (χ2v) is 7.40. The maximum Gasteiger partial charge on any atom is 0.254 e. The van der Waals surface area contributed by atoms with Crippen LogP contribution < -0.4 is 9.46 Å². The zero-order valence-electron chi connectivity index (χ0n) is 13.7. The SMILES string of the molecule is CNS(=O)(=O)c1cc(C(=O)N2C[C@@H](C)O[C@H](C)C2)ccc1OC. The Kier molecular flexibility index (Phi) is 5.28. The predicted octanol–water partition coefficient (Wildman–Crippen LogP) is 0.853. The fourth-order valence-electron chi connectivity index (χ4n) is 2.66. The molecule has 0 aliphatic carbocycles. The Morgan fingerprint density at radius 1 is 1.30 bits per heavy atom. The van der Waals surface area contributed by atoms with Crippen LogP contribution in [0.4, 0.5) is 0 Å². The summed E-state index contributed by atoms with van der Waals surface area (Å²) >= 11 is 0. The second-order valence-electron chi connectivity index (χ2n) is 5.54. The van der Waals surface area contributed by atoms with Gasteiger partial charge in [0.15, 0.2) is 0 Å². The van der Waals surface area contributed by atoms with Crippen LogP contribution in [0.3, 0.4) is 0 Å². The van der Waals surface area contributed by atoms with E-state index in [-0.39, 0.29) is 28.8 Å². The van der Waals surface area contributed by atoms with Gasteiger partial charge in [-0.2, -0.15) is 0 Å². The maximum absolute atomic E-state index is 12.7. The number of carbonyl (C=O) groups is 1. The molecule has 0 saturated carbocycles. The molecule has 1 amide bonds. The van der Waals surface area contributed by atoms with Gasteiger partial charge in [0, 0.05) is 18.7 Å². The molecule has 0 aromatic heterocycles. The molecule has 23 heavy (non-hydrogen) atoms. The van der Waals surface area contributed by atoms with Crippen molar-refractivity contribution in [3.63, 3.8) is 0 Å². The number of carbonyl (C=O) groups excluding carboxylic acids is 1. The smallest absolute Gasteiger partial charge is 0.254 e. The number of benzene rings is 1. The van der Waals surface area contributed by atoms with E-state index in [1.165, 1.54) is 26.3 Å². The fraction of sp³-hybridized carbons (Fsp3) is 0.533. The highest BCUT2D eigenvalue weighted by atomic mass is 32.2. The van der Waals surface area contributed by atoms with Crippen LogP contribution in [0.5, 0.6) is 5.75 Å². The van der Waals surface area contributed by atoms with E-state index in [2.05, 4.69) is 4.72 Å². The molecule has 8 heteroatoms. The van der Waals surface area contributed by atoms with Gasteiger partial charge in [0.05, 0.1) is 19.3 Å². The van der Waals surface area contributed by atoms with Gasteiger partial charge in [-0.3, -0.25) is 4.79 Å². The Morgan fingerprint density at radius 3 is 2.43 bits per heavy atom. The van der Waals surface area contributed by atoms with Gasteiger partial charge in [-0.15, -0.1) is 0 Å². The molecule has 1 aliphatic rings. The average molecular weight is 342 g/mol. The molecule has 1 saturated heterocycles. The Balaban J connectivity index is 2.36. The van der Waals surface area contributed by atoms with Crippen LogP contribution >= 0.6 is 0 Å². The standard InChI is InChI=1S/C15H22N2O5S/c1-10-8-17(9-11(2)22-10)15(18)12-5-6-13(21-4)14(7-12)23(19,20)16-3/h5-7,10-11,16H,8-9H2,1-4H3/t10-,11-/m1/s1. The third-order valence-corrected chi connectivity index (χ3v) is 5.11. The summed E-state index contributed by atoms with van der Waals surface area (Å²) in [5.74, 6) is -0.0261. The van der Waals surface area contributed by atoms with Crippen molar-refractivity contribution in [3.05, 3.63) is 23.8 Å². The molecule has 7 nitrogen and oxygen atoms in total. The van der Waals surface area contributed by atoms with Gasteiger partial charge in [-0.25, -0.2) is 13.1 Å². The zero-order valence-corrected chi connectivity index (χ0v) is 14.5. The van der Waals surface area contributed by atoms with E-state index in [9.17, 15) is 13.2 Å². The number of hydrogen-bond donors (Lipinski definition) is 1. The normalized spacial score (nSPS) is 22.0. The van der Waals surface area contributed by atoms with E-state index in [0.717, 1.165) is 0 Å². The Bertz CT molecular complexity index is 679. The molecule has 1 aromatic carbocycles. The van der Waals surface area contributed by atoms with Gasteiger partial charge in [-0.05, 0) is 39.1 Å². The third kappa shape index (κ3) is 3.82. The highest BCUT2D eigenvalue weighted by Crippen LogP contribution is 2.26. The van der Waals surface area contributed by atoms with Gasteiger partial charge < -0.3 is 14.4 Å². The van der Waals surface area contributed by atoms with Crippen LogP contribution in [0.1, 0.15) is 24.2 Å². The summed E-state index contributed by atoms with van der Waals surface area (Å²) in [6, 6.07) is 4.41. The van der Waals surface area contributed by atoms with Crippen LogP contribution in [-0.2, 0) is 14.8 Å². The topological polar surface area (TPSA) is 84.9 Å². The molecular weight excluding hydrogens is 320 g/mol. The van der Waals surface area contributed by atoms with Crippen molar-refractivity contribution < 1.29 is 22.7 Å². The first-order chi connectivity index (χ1) is 10.8. The van der Waals surface area contributed by atoms with Crippen LogP contribution in [0.25, 0.3) is 0 Å². The van der Waals surface area contributed by atoms with Crippen molar-refractivity contribution in [2.75, 3.05) is 27.2 Å². The Morgan fingerprint density at radius 2 is 1.91 bits per heavy atom. The molecule has 2 atom stereocenters. The lowest BCUT2D eigenvalue weighted by Crippen LogP contribution is -2.48. The first-order valence-electron chi connectivity index (χ1n) is 7.34. The zero-order chi connectivity index (χ0) is 17.2. The molecule has 0 spiro atoms. The van der Waals surface area contributed by atoms with Crippen molar-refractivity contribution in [3.8, 4) is 5.75 Å². The minimum atomic E-state index is -3.72. The summed E-state index contributed by atoms with van der Waals surface area (Å²) in [6.45, 7) is 4.76. The highest BCUT2D eigenvalue weighted by Gasteiger charge is 2.28. The predicted molar refractivity (Wildman–Crippen MR) is 85.2 cm³/mol. The molecule has 1 heterocycles. The second kappa shape index (κ2) is 6.86. The Labute approximate surface area is 136 Å². The minimum absolute atomic E-state index is 0.0530. The van der Waals surface area contributed by atoms with Crippen LogP contribution in [0.15, 0.2) is 23.1 Å². The number of methoxy groups -OCH3 is 1. The maximum atomic E-state index is 12.7. The highest BCUT2D eigenvalue weighted by molar-refractivity contribution is 7.89. The fourth-order valence-corrected chi connectivity index (χ4v) is 3.57. The first-order valence-corrected chi connectivity index (χ1v) is 8.83. The number of amides is 1. The van der Waals surface area contributed by atoms with E-state index in [0.29, 0.717) is 18.7 Å². The van der Waals surface area contributed by atoms with Gasteiger partial charge >= 0.3 is 0 Å². The largest absolute Gasteiger partial charge is 0.495 e. The van der Waals surface area contributed by atoms with Crippen LogP contribution in [-0.4, -0.2) is 58.7 Å². The van der Waals surface area contributed by atoms with Crippen molar-refractivity contribution in [1.29, 1.82) is 0 Å². The molecule has 1 aliphatic heterocycles. The lowest BCUT2D eigenvalue weighted by atomic mass is 10.1. The molecule has 0 bridgehead atoms. The summed E-state index contributed by atoms with van der Waals surface area (Å²) in [7, 11) is -1.02. The summed E-state index contributed by atoms with van der Waals surface area (Å²) in [4.78, 5) is 14.3. The lowest BCUT2D eigenvalue weighted by Gasteiger charge is -2.35. The molecule has 128 valence electrons. The van der Waals surface area contributed by atoms with Crippen molar-refractivity contribution in [2.24, 2.45) is 0 Å². The van der Waals surface area contributed by atoms with Crippen molar-refractivity contribution in [2.45, 2.75) is 31.0 Å². The van der Waals surface area contributed by atoms with E-state index in [1.807, 2.05) is 13.8 Å². The Hall–Kier alpha value is -1.64. The summed E-state index contributed by atoms with van der Waals surface area (Å²) in [6.07, 6.45) is -0.108. The van der Waals surface area contributed by atoms with Crippen LogP contribution in [0, 0.1) is 0 Å². The monoisotopic (exact) mass is 342 g/mol. The number of rotatable bonds is 4. The number of ether oxygens (including phenoxy) is 2. The van der Waals surface area contributed by atoms with Gasteiger partial charge in [0.25, 0.3) is 5.91 Å². The number of nitrogens with one attached hydrogen (secondary N) is 1. The molecule has 1 N–H and O–H groups in total. The quantitative estimate of drug-likeness (QED) is 0.877. The average Bonchev–Trinajstić information content (AvgIpc) is 2.52. The van der Waals surface area contributed by atoms with Crippen molar-refractivity contribution >= 4 is 15.9 Å². The van der Waals surface area contributed by atoms with Gasteiger partial charge in [-0.1, -0.05) is 0 Å². The molecule has 1 aromatic rings. The van der Waals surface area contributed by atoms with Crippen LogP contribution in [0.2, 0.25) is 0 Å². The third-order valence-electron chi connectivity index (χ3n) is 3.68. The van der Waals surface area contributed by atoms with Gasteiger partial charge in [0.2, 0.25) is 10.0 Å². The summed E-state index contributed by atoms with van der Waals surface area (Å²) in [5.41, 5.74) is 0.306. The number of morpholine rings is 1. The first kappa shape index (κ1) is 17.7. The molecule has 2 rings (SSSR count). The van der Waals surface area contributed by atoms with Crippen molar-refractivity contribution in [1.82, 2.24) is 9.62 Å². The van der Waals surface area contributed by atoms with E-state index < -0.39 is 10.0 Å². The summed E-state index contributed by atoms with van der Waals surface area (Å²) < 4.78 is 37.1. The molecule has 0 radical (unpaired) electrons. The number of sulfonamides is 1. The number of nitrogens with zero attached hydrogens (tertiary/aromatic N) is 1. The molecular formula is C15H22N2O5S. The molecule has 0 unspecified atom stereocenters. The lowest BCUT2D eigenvalue weighted by molar-refractivity contribution is -0.0586. The van der Waals surface area contributed by atoms with Gasteiger partial charge in [0.1, 0.15) is 10.6 Å².